The van der Waals surface area contributed by atoms with Gasteiger partial charge in [0, 0.05) is 6.07 Å². The van der Waals surface area contributed by atoms with Crippen LogP contribution in [-0.4, -0.2) is 25.3 Å². The number of cyclic esters (lactones) is 1. The quantitative estimate of drug-likeness (QED) is 0.891. The summed E-state index contributed by atoms with van der Waals surface area (Å²) in [6.07, 6.45) is -0.395. The van der Waals surface area contributed by atoms with E-state index in [1.54, 1.807) is 0 Å². The van der Waals surface area contributed by atoms with Crippen LogP contribution in [-0.2, 0) is 11.3 Å². The van der Waals surface area contributed by atoms with Gasteiger partial charge >= 0.3 is 6.09 Å². The highest BCUT2D eigenvalue weighted by atomic mass is 16.6. The molecular formula is C17H17NO4. The zero-order valence-electron chi connectivity index (χ0n) is 12.0. The van der Waals surface area contributed by atoms with E-state index in [0.717, 1.165) is 11.3 Å². The third kappa shape index (κ3) is 3.91. The number of carbonyl (C=O) groups excluding carboxylic acids is 1. The van der Waals surface area contributed by atoms with Crippen LogP contribution in [0.1, 0.15) is 5.56 Å². The molecule has 22 heavy (non-hydrogen) atoms. The number of alkyl carbamates (subject to hydrolysis) is 1. The number of rotatable bonds is 6. The lowest BCUT2D eigenvalue weighted by molar-refractivity contribution is 0.174. The molecule has 1 saturated heterocycles. The molecule has 0 spiro atoms. The molecule has 0 radical (unpaired) electrons. The number of amides is 1. The zero-order valence-corrected chi connectivity index (χ0v) is 12.0. The molecule has 3 rings (SSSR count). The Morgan fingerprint density at radius 1 is 1.05 bits per heavy atom. The number of hydrogen-bond acceptors (Lipinski definition) is 4. The maximum absolute atomic E-state index is 10.9. The Morgan fingerprint density at radius 3 is 2.55 bits per heavy atom. The molecule has 0 bridgehead atoms. The van der Waals surface area contributed by atoms with Crippen molar-refractivity contribution in [3.63, 3.8) is 0 Å². The van der Waals surface area contributed by atoms with Crippen molar-refractivity contribution in [3.05, 3.63) is 60.2 Å². The molecule has 0 aliphatic carbocycles. The summed E-state index contributed by atoms with van der Waals surface area (Å²) in [5, 5.41) is 2.67. The van der Waals surface area contributed by atoms with Crippen molar-refractivity contribution in [2.24, 2.45) is 0 Å². The first-order valence-corrected chi connectivity index (χ1v) is 7.12. The summed E-state index contributed by atoms with van der Waals surface area (Å²) >= 11 is 0. The minimum Gasteiger partial charge on any atom is -0.491 e. The second kappa shape index (κ2) is 6.85. The molecule has 0 unspecified atom stereocenters. The molecule has 1 aliphatic rings. The van der Waals surface area contributed by atoms with Gasteiger partial charge in [-0.25, -0.2) is 4.79 Å². The van der Waals surface area contributed by atoms with E-state index in [-0.39, 0.29) is 6.04 Å². The molecule has 1 N–H and O–H groups in total. The SMILES string of the molecule is O=C1N[C@H](COc2cccc(OCc3ccccc3)c2)CO1. The number of ether oxygens (including phenoxy) is 3. The zero-order chi connectivity index (χ0) is 15.2. The van der Waals surface area contributed by atoms with Gasteiger partial charge in [0.25, 0.3) is 0 Å². The summed E-state index contributed by atoms with van der Waals surface area (Å²) in [6, 6.07) is 17.3. The second-order valence-electron chi connectivity index (χ2n) is 5.00. The number of benzene rings is 2. The molecule has 0 aromatic heterocycles. The normalized spacial score (nSPS) is 16.7. The molecule has 114 valence electrons. The summed E-state index contributed by atoms with van der Waals surface area (Å²) in [5.41, 5.74) is 1.11. The summed E-state index contributed by atoms with van der Waals surface area (Å²) < 4.78 is 16.2. The van der Waals surface area contributed by atoms with Gasteiger partial charge in [-0.1, -0.05) is 36.4 Å². The van der Waals surface area contributed by atoms with Crippen LogP contribution in [0.25, 0.3) is 0 Å². The molecule has 2 aromatic rings. The fraction of sp³-hybridized carbons (Fsp3) is 0.235. The van der Waals surface area contributed by atoms with E-state index >= 15 is 0 Å². The van der Waals surface area contributed by atoms with E-state index in [9.17, 15) is 4.79 Å². The molecule has 0 saturated carbocycles. The molecule has 1 aliphatic heterocycles. The Kier molecular flexibility index (Phi) is 4.44. The molecular weight excluding hydrogens is 282 g/mol. The van der Waals surface area contributed by atoms with E-state index in [2.05, 4.69) is 5.32 Å². The minimum absolute atomic E-state index is 0.110. The van der Waals surface area contributed by atoms with Crippen molar-refractivity contribution < 1.29 is 19.0 Å². The Morgan fingerprint density at radius 2 is 1.82 bits per heavy atom. The van der Waals surface area contributed by atoms with Crippen molar-refractivity contribution in [1.82, 2.24) is 5.32 Å². The van der Waals surface area contributed by atoms with Crippen LogP contribution >= 0.6 is 0 Å². The highest BCUT2D eigenvalue weighted by Crippen LogP contribution is 2.20. The largest absolute Gasteiger partial charge is 0.491 e. The molecule has 1 amide bonds. The van der Waals surface area contributed by atoms with Gasteiger partial charge < -0.3 is 19.5 Å². The van der Waals surface area contributed by atoms with E-state index in [0.29, 0.717) is 25.6 Å². The highest BCUT2D eigenvalue weighted by molar-refractivity contribution is 5.69. The van der Waals surface area contributed by atoms with Gasteiger partial charge in [-0.3, -0.25) is 0 Å². The predicted molar refractivity (Wildman–Crippen MR) is 81.0 cm³/mol. The molecule has 1 atom stereocenters. The Hall–Kier alpha value is -2.69. The third-order valence-electron chi connectivity index (χ3n) is 3.24. The van der Waals surface area contributed by atoms with Gasteiger partial charge in [-0.05, 0) is 17.7 Å². The van der Waals surface area contributed by atoms with E-state index in [1.807, 2.05) is 54.6 Å². The first kappa shape index (κ1) is 14.3. The van der Waals surface area contributed by atoms with Gasteiger partial charge in [0.15, 0.2) is 0 Å². The first-order valence-electron chi connectivity index (χ1n) is 7.12. The topological polar surface area (TPSA) is 56.8 Å². The predicted octanol–water partition coefficient (Wildman–Crippen LogP) is 2.75. The molecule has 5 nitrogen and oxygen atoms in total. The maximum Gasteiger partial charge on any atom is 0.407 e. The van der Waals surface area contributed by atoms with Crippen molar-refractivity contribution in [3.8, 4) is 11.5 Å². The van der Waals surface area contributed by atoms with Gasteiger partial charge in [-0.2, -0.15) is 0 Å². The van der Waals surface area contributed by atoms with Crippen molar-refractivity contribution in [2.75, 3.05) is 13.2 Å². The standard InChI is InChI=1S/C17H17NO4/c19-17-18-14(12-22-17)11-21-16-8-4-7-15(9-16)20-10-13-5-2-1-3-6-13/h1-9,14H,10-12H2,(H,18,19)/t14-/m1/s1. The fourth-order valence-corrected chi connectivity index (χ4v) is 2.11. The van der Waals surface area contributed by atoms with Crippen molar-refractivity contribution >= 4 is 6.09 Å². The highest BCUT2D eigenvalue weighted by Gasteiger charge is 2.22. The molecule has 5 heteroatoms. The van der Waals surface area contributed by atoms with Crippen LogP contribution in [0.3, 0.4) is 0 Å². The van der Waals surface area contributed by atoms with Gasteiger partial charge in [0.05, 0.1) is 0 Å². The molecule has 2 aromatic carbocycles. The number of hydrogen-bond donors (Lipinski definition) is 1. The smallest absolute Gasteiger partial charge is 0.407 e. The fourth-order valence-electron chi connectivity index (χ4n) is 2.11. The average molecular weight is 299 g/mol. The van der Waals surface area contributed by atoms with Crippen LogP contribution in [0.4, 0.5) is 4.79 Å². The lowest BCUT2D eigenvalue weighted by Gasteiger charge is -2.11. The summed E-state index contributed by atoms with van der Waals surface area (Å²) in [4.78, 5) is 10.9. The Bertz CT molecular complexity index is 630. The van der Waals surface area contributed by atoms with Crippen LogP contribution in [0.2, 0.25) is 0 Å². The van der Waals surface area contributed by atoms with E-state index in [4.69, 9.17) is 14.2 Å². The monoisotopic (exact) mass is 299 g/mol. The van der Waals surface area contributed by atoms with Crippen molar-refractivity contribution in [2.45, 2.75) is 12.6 Å². The van der Waals surface area contributed by atoms with Crippen LogP contribution in [0.5, 0.6) is 11.5 Å². The molecule has 1 fully saturated rings. The number of carbonyl (C=O) groups is 1. The van der Waals surface area contributed by atoms with Gasteiger partial charge in [0.2, 0.25) is 0 Å². The van der Waals surface area contributed by atoms with Crippen LogP contribution in [0.15, 0.2) is 54.6 Å². The van der Waals surface area contributed by atoms with Crippen LogP contribution < -0.4 is 14.8 Å². The number of nitrogens with one attached hydrogen (secondary N) is 1. The summed E-state index contributed by atoms with van der Waals surface area (Å²) in [6.45, 7) is 1.22. The lowest BCUT2D eigenvalue weighted by atomic mass is 10.2. The van der Waals surface area contributed by atoms with Gasteiger partial charge in [0.1, 0.15) is 37.4 Å². The van der Waals surface area contributed by atoms with E-state index < -0.39 is 6.09 Å². The van der Waals surface area contributed by atoms with Crippen LogP contribution in [0, 0.1) is 0 Å². The molecule has 1 heterocycles. The minimum atomic E-state index is -0.395. The Labute approximate surface area is 128 Å². The lowest BCUT2D eigenvalue weighted by Crippen LogP contribution is -2.32. The maximum atomic E-state index is 10.9. The van der Waals surface area contributed by atoms with E-state index in [1.165, 1.54) is 0 Å². The third-order valence-corrected chi connectivity index (χ3v) is 3.24. The summed E-state index contributed by atoms with van der Waals surface area (Å²) in [5.74, 6) is 1.44. The second-order valence-corrected chi connectivity index (χ2v) is 5.00. The first-order chi connectivity index (χ1) is 10.8. The summed E-state index contributed by atoms with van der Waals surface area (Å²) in [7, 11) is 0. The van der Waals surface area contributed by atoms with Gasteiger partial charge in [-0.15, -0.1) is 0 Å². The Balaban J connectivity index is 1.52. The van der Waals surface area contributed by atoms with Crippen molar-refractivity contribution in [1.29, 1.82) is 0 Å². The average Bonchev–Trinajstić information content (AvgIpc) is 2.98.